The number of hydrogen-bond donors (Lipinski definition) is 0. The second-order valence-electron chi connectivity index (χ2n) is 8.09. The molecule has 2 saturated heterocycles. The lowest BCUT2D eigenvalue weighted by molar-refractivity contribution is -0.151. The van der Waals surface area contributed by atoms with Crippen molar-refractivity contribution in [3.63, 3.8) is 0 Å². The Hall–Kier alpha value is -0.950. The molecule has 0 aromatic heterocycles. The standard InChI is InChI=1S/C20H29NO4S/c1-16-4-2-3-5-19(16)26(22,23)21-11-9-20(10-12-21)14-18(8-13-25-20)24-15-17-6-7-17/h2-5,17-18H,6-15H2,1H3. The van der Waals surface area contributed by atoms with Gasteiger partial charge >= 0.3 is 0 Å². The molecular weight excluding hydrogens is 350 g/mol. The summed E-state index contributed by atoms with van der Waals surface area (Å²) in [5.74, 6) is 0.773. The SMILES string of the molecule is Cc1ccccc1S(=O)(=O)N1CCC2(CC1)CC(OCC1CC1)CCO2. The van der Waals surface area contributed by atoms with Crippen LogP contribution in [0.1, 0.15) is 44.1 Å². The van der Waals surface area contributed by atoms with Gasteiger partial charge in [0.05, 0.1) is 16.6 Å². The second kappa shape index (κ2) is 7.23. The van der Waals surface area contributed by atoms with Gasteiger partial charge in [-0.05, 0) is 56.6 Å². The summed E-state index contributed by atoms with van der Waals surface area (Å²) in [5, 5.41) is 0. The third kappa shape index (κ3) is 3.84. The first-order chi connectivity index (χ1) is 12.5. The van der Waals surface area contributed by atoms with Crippen molar-refractivity contribution in [3.8, 4) is 0 Å². The van der Waals surface area contributed by atoms with Crippen LogP contribution in [0.3, 0.4) is 0 Å². The van der Waals surface area contributed by atoms with Crippen LogP contribution in [0, 0.1) is 12.8 Å². The maximum Gasteiger partial charge on any atom is 0.243 e. The highest BCUT2D eigenvalue weighted by Gasteiger charge is 2.43. The molecule has 1 aromatic rings. The Balaban J connectivity index is 1.39. The summed E-state index contributed by atoms with van der Waals surface area (Å²) in [6.07, 6.45) is 6.24. The largest absolute Gasteiger partial charge is 0.378 e. The van der Waals surface area contributed by atoms with E-state index in [4.69, 9.17) is 9.47 Å². The quantitative estimate of drug-likeness (QED) is 0.789. The van der Waals surface area contributed by atoms with Crippen molar-refractivity contribution in [3.05, 3.63) is 29.8 Å². The van der Waals surface area contributed by atoms with E-state index in [1.54, 1.807) is 16.4 Å². The molecule has 2 aliphatic heterocycles. The van der Waals surface area contributed by atoms with Gasteiger partial charge in [-0.2, -0.15) is 4.31 Å². The molecule has 0 bridgehead atoms. The number of hydrogen-bond acceptors (Lipinski definition) is 4. The van der Waals surface area contributed by atoms with E-state index in [1.807, 2.05) is 19.1 Å². The molecule has 1 saturated carbocycles. The first-order valence-corrected chi connectivity index (χ1v) is 11.2. The fourth-order valence-corrected chi connectivity index (χ4v) is 5.82. The zero-order valence-corrected chi connectivity index (χ0v) is 16.3. The van der Waals surface area contributed by atoms with Gasteiger partial charge < -0.3 is 9.47 Å². The molecule has 1 spiro atoms. The summed E-state index contributed by atoms with van der Waals surface area (Å²) in [6, 6.07) is 7.22. The topological polar surface area (TPSA) is 55.8 Å². The number of rotatable bonds is 5. The van der Waals surface area contributed by atoms with E-state index in [1.165, 1.54) is 12.8 Å². The Morgan fingerprint density at radius 1 is 1.19 bits per heavy atom. The monoisotopic (exact) mass is 379 g/mol. The highest BCUT2D eigenvalue weighted by molar-refractivity contribution is 7.89. The van der Waals surface area contributed by atoms with Crippen molar-refractivity contribution in [2.45, 2.75) is 62.0 Å². The number of nitrogens with zero attached hydrogens (tertiary/aromatic N) is 1. The van der Waals surface area contributed by atoms with E-state index in [-0.39, 0.29) is 11.7 Å². The third-order valence-corrected chi connectivity index (χ3v) is 8.12. The molecule has 0 amide bonds. The van der Waals surface area contributed by atoms with Crippen molar-refractivity contribution in [2.24, 2.45) is 5.92 Å². The van der Waals surface area contributed by atoms with E-state index in [0.29, 0.717) is 18.0 Å². The van der Waals surface area contributed by atoms with Crippen molar-refractivity contribution in [1.82, 2.24) is 4.31 Å². The zero-order valence-electron chi connectivity index (χ0n) is 15.5. The fraction of sp³-hybridized carbons (Fsp3) is 0.700. The van der Waals surface area contributed by atoms with Crippen LogP contribution in [0.25, 0.3) is 0 Å². The van der Waals surface area contributed by atoms with Gasteiger partial charge in [0.2, 0.25) is 10.0 Å². The van der Waals surface area contributed by atoms with Gasteiger partial charge in [-0.3, -0.25) is 0 Å². The van der Waals surface area contributed by atoms with Crippen LogP contribution in [-0.2, 0) is 19.5 Å². The van der Waals surface area contributed by atoms with Crippen LogP contribution >= 0.6 is 0 Å². The summed E-state index contributed by atoms with van der Waals surface area (Å²) < 4.78 is 39.9. The molecule has 5 nitrogen and oxygen atoms in total. The first kappa shape index (κ1) is 18.4. The minimum Gasteiger partial charge on any atom is -0.378 e. The molecule has 1 unspecified atom stereocenters. The highest BCUT2D eigenvalue weighted by atomic mass is 32.2. The van der Waals surface area contributed by atoms with Crippen LogP contribution < -0.4 is 0 Å². The lowest BCUT2D eigenvalue weighted by Gasteiger charge is -2.45. The molecule has 4 rings (SSSR count). The van der Waals surface area contributed by atoms with E-state index in [0.717, 1.165) is 50.4 Å². The van der Waals surface area contributed by atoms with Gasteiger partial charge in [0.1, 0.15) is 0 Å². The Bertz CT molecular complexity index is 736. The normalized spacial score (nSPS) is 26.9. The molecule has 2 heterocycles. The van der Waals surface area contributed by atoms with E-state index >= 15 is 0 Å². The highest BCUT2D eigenvalue weighted by Crippen LogP contribution is 2.38. The number of ether oxygens (including phenoxy) is 2. The van der Waals surface area contributed by atoms with Crippen molar-refractivity contribution >= 4 is 10.0 Å². The summed E-state index contributed by atoms with van der Waals surface area (Å²) in [6.45, 7) is 4.50. The predicted molar refractivity (Wildman–Crippen MR) is 99.6 cm³/mol. The molecule has 6 heteroatoms. The van der Waals surface area contributed by atoms with Gasteiger partial charge in [0, 0.05) is 32.7 Å². The van der Waals surface area contributed by atoms with Gasteiger partial charge in [-0.25, -0.2) is 8.42 Å². The summed E-state index contributed by atoms with van der Waals surface area (Å²) in [7, 11) is -3.43. The molecule has 1 aliphatic carbocycles. The molecular formula is C20H29NO4S. The van der Waals surface area contributed by atoms with Crippen LogP contribution in [-0.4, -0.2) is 50.7 Å². The van der Waals surface area contributed by atoms with Crippen molar-refractivity contribution in [2.75, 3.05) is 26.3 Å². The second-order valence-corrected chi connectivity index (χ2v) is 10.00. The molecule has 1 aromatic carbocycles. The van der Waals surface area contributed by atoms with E-state index in [9.17, 15) is 8.42 Å². The molecule has 0 N–H and O–H groups in total. The summed E-state index contributed by atoms with van der Waals surface area (Å²) >= 11 is 0. The van der Waals surface area contributed by atoms with E-state index < -0.39 is 10.0 Å². The summed E-state index contributed by atoms with van der Waals surface area (Å²) in [4.78, 5) is 0.422. The average molecular weight is 380 g/mol. The van der Waals surface area contributed by atoms with Gasteiger partial charge in [-0.15, -0.1) is 0 Å². The van der Waals surface area contributed by atoms with Crippen LogP contribution in [0.5, 0.6) is 0 Å². The number of sulfonamides is 1. The lowest BCUT2D eigenvalue weighted by Crippen LogP contribution is -2.52. The average Bonchev–Trinajstić information content (AvgIpc) is 3.45. The molecule has 1 atom stereocenters. The minimum atomic E-state index is -3.43. The van der Waals surface area contributed by atoms with Crippen LogP contribution in [0.2, 0.25) is 0 Å². The third-order valence-electron chi connectivity index (χ3n) is 6.06. The Morgan fingerprint density at radius 2 is 1.92 bits per heavy atom. The maximum atomic E-state index is 13.0. The maximum absolute atomic E-state index is 13.0. The zero-order chi connectivity index (χ0) is 18.2. The van der Waals surface area contributed by atoms with Gasteiger partial charge in [-0.1, -0.05) is 18.2 Å². The molecule has 144 valence electrons. The molecule has 26 heavy (non-hydrogen) atoms. The van der Waals surface area contributed by atoms with Crippen LogP contribution in [0.15, 0.2) is 29.2 Å². The van der Waals surface area contributed by atoms with Gasteiger partial charge in [0.25, 0.3) is 0 Å². The molecule has 0 radical (unpaired) electrons. The fourth-order valence-electron chi connectivity index (χ4n) is 4.15. The molecule has 3 fully saturated rings. The predicted octanol–water partition coefficient (Wildman–Crippen LogP) is 3.12. The first-order valence-electron chi connectivity index (χ1n) is 9.80. The number of aryl methyl sites for hydroxylation is 1. The molecule has 3 aliphatic rings. The van der Waals surface area contributed by atoms with Gasteiger partial charge in [0.15, 0.2) is 0 Å². The van der Waals surface area contributed by atoms with Crippen LogP contribution in [0.4, 0.5) is 0 Å². The Morgan fingerprint density at radius 3 is 2.62 bits per heavy atom. The van der Waals surface area contributed by atoms with E-state index in [2.05, 4.69) is 0 Å². The number of benzene rings is 1. The van der Waals surface area contributed by atoms with Crippen molar-refractivity contribution < 1.29 is 17.9 Å². The smallest absolute Gasteiger partial charge is 0.243 e. The summed E-state index contributed by atoms with van der Waals surface area (Å²) in [5.41, 5.74) is 0.597. The Kier molecular flexibility index (Phi) is 5.12. The Labute approximate surface area is 156 Å². The van der Waals surface area contributed by atoms with Crippen molar-refractivity contribution in [1.29, 1.82) is 0 Å². The number of piperidine rings is 1. The minimum absolute atomic E-state index is 0.204. The lowest BCUT2D eigenvalue weighted by atomic mass is 9.84.